The van der Waals surface area contributed by atoms with Gasteiger partial charge < -0.3 is 5.32 Å². The average molecular weight is 362 g/mol. The second-order valence-corrected chi connectivity index (χ2v) is 7.04. The van der Waals surface area contributed by atoms with Gasteiger partial charge in [-0.3, -0.25) is 4.98 Å². The molecule has 0 spiro atoms. The normalized spacial score (nSPS) is 12.8. The number of halogens is 1. The van der Waals surface area contributed by atoms with Gasteiger partial charge in [0.25, 0.3) is 0 Å². The third kappa shape index (κ3) is 2.61. The van der Waals surface area contributed by atoms with Crippen molar-refractivity contribution in [1.82, 2.24) is 15.3 Å². The summed E-state index contributed by atoms with van der Waals surface area (Å²) >= 11 is 5.34. The van der Waals surface area contributed by atoms with Crippen LogP contribution < -0.4 is 5.32 Å². The van der Waals surface area contributed by atoms with Gasteiger partial charge in [0.15, 0.2) is 0 Å². The molecule has 5 heteroatoms. The lowest BCUT2D eigenvalue weighted by Gasteiger charge is -2.16. The van der Waals surface area contributed by atoms with Crippen LogP contribution in [0.15, 0.2) is 34.9 Å². The molecule has 3 nitrogen and oxygen atoms in total. The van der Waals surface area contributed by atoms with Gasteiger partial charge in [0.05, 0.1) is 17.3 Å². The molecule has 3 rings (SSSR count). The summed E-state index contributed by atoms with van der Waals surface area (Å²) in [5.74, 6) is 0. The topological polar surface area (TPSA) is 37.8 Å². The summed E-state index contributed by atoms with van der Waals surface area (Å²) in [7, 11) is 1.97. The highest BCUT2D eigenvalue weighted by atomic mass is 79.9. The first-order valence-corrected chi connectivity index (χ1v) is 8.37. The lowest BCUT2D eigenvalue weighted by molar-refractivity contribution is 0.688. The minimum atomic E-state index is 0.0629. The Morgan fingerprint density at radius 3 is 2.71 bits per heavy atom. The Labute approximate surface area is 136 Å². The number of thiazole rings is 1. The number of hydrogen-bond donors (Lipinski definition) is 1. The molecule has 0 radical (unpaired) electrons. The van der Waals surface area contributed by atoms with E-state index < -0.39 is 0 Å². The van der Waals surface area contributed by atoms with Crippen LogP contribution in [0.3, 0.4) is 0 Å². The molecule has 0 saturated heterocycles. The Morgan fingerprint density at radius 2 is 2.05 bits per heavy atom. The minimum absolute atomic E-state index is 0.0629. The van der Waals surface area contributed by atoms with Crippen molar-refractivity contribution in [3.8, 4) is 0 Å². The van der Waals surface area contributed by atoms with Crippen molar-refractivity contribution in [2.24, 2.45) is 0 Å². The van der Waals surface area contributed by atoms with E-state index >= 15 is 0 Å². The van der Waals surface area contributed by atoms with Gasteiger partial charge in [0, 0.05) is 26.5 Å². The van der Waals surface area contributed by atoms with E-state index in [0.29, 0.717) is 0 Å². The van der Waals surface area contributed by atoms with E-state index in [1.165, 1.54) is 4.88 Å². The summed E-state index contributed by atoms with van der Waals surface area (Å²) in [6.45, 7) is 4.17. The predicted molar refractivity (Wildman–Crippen MR) is 91.9 cm³/mol. The molecule has 21 heavy (non-hydrogen) atoms. The second-order valence-electron chi connectivity index (χ2n) is 4.95. The van der Waals surface area contributed by atoms with Gasteiger partial charge >= 0.3 is 0 Å². The van der Waals surface area contributed by atoms with E-state index in [1.807, 2.05) is 19.3 Å². The highest BCUT2D eigenvalue weighted by Crippen LogP contribution is 2.33. The van der Waals surface area contributed by atoms with E-state index in [1.54, 1.807) is 11.3 Å². The fraction of sp³-hybridized carbons (Fsp3) is 0.250. The Balaban J connectivity index is 2.20. The third-order valence-corrected chi connectivity index (χ3v) is 5.47. The number of aryl methyl sites for hydroxylation is 2. The van der Waals surface area contributed by atoms with Crippen molar-refractivity contribution in [3.63, 3.8) is 0 Å². The molecule has 3 aromatic rings. The fourth-order valence-corrected chi connectivity index (χ4v) is 3.93. The molecular formula is C16H16BrN3S. The van der Waals surface area contributed by atoms with Gasteiger partial charge in [-0.2, -0.15) is 0 Å². The van der Waals surface area contributed by atoms with Crippen LogP contribution in [0.4, 0.5) is 0 Å². The number of fused-ring (bicyclic) bond motifs is 1. The SMILES string of the molecule is CNC(c1nc(C)c(C)s1)c1ccc(Br)c2cccnc12. The number of rotatable bonds is 3. The summed E-state index contributed by atoms with van der Waals surface area (Å²) in [6.07, 6.45) is 1.84. The van der Waals surface area contributed by atoms with Crippen molar-refractivity contribution < 1.29 is 0 Å². The lowest BCUT2D eigenvalue weighted by atomic mass is 10.0. The zero-order valence-corrected chi connectivity index (χ0v) is 14.5. The first-order valence-electron chi connectivity index (χ1n) is 6.76. The largest absolute Gasteiger partial charge is 0.307 e. The molecule has 0 saturated carbocycles. The number of pyridine rings is 1. The smallest absolute Gasteiger partial charge is 0.115 e. The summed E-state index contributed by atoms with van der Waals surface area (Å²) < 4.78 is 1.07. The van der Waals surface area contributed by atoms with Gasteiger partial charge in [-0.05, 0) is 33.0 Å². The maximum atomic E-state index is 4.70. The number of hydrogen-bond acceptors (Lipinski definition) is 4. The molecule has 2 heterocycles. The molecule has 108 valence electrons. The van der Waals surface area contributed by atoms with Crippen molar-refractivity contribution in [2.45, 2.75) is 19.9 Å². The Morgan fingerprint density at radius 1 is 1.24 bits per heavy atom. The van der Waals surface area contributed by atoms with E-state index in [0.717, 1.165) is 31.6 Å². The van der Waals surface area contributed by atoms with Crippen LogP contribution in [0, 0.1) is 13.8 Å². The van der Waals surface area contributed by atoms with Crippen LogP contribution in [0.1, 0.15) is 27.2 Å². The molecule has 1 atom stereocenters. The molecule has 1 aromatic carbocycles. The summed E-state index contributed by atoms with van der Waals surface area (Å²) in [5, 5.41) is 5.59. The van der Waals surface area contributed by atoms with E-state index in [-0.39, 0.29) is 6.04 Å². The van der Waals surface area contributed by atoms with Crippen LogP contribution in [-0.4, -0.2) is 17.0 Å². The third-order valence-electron chi connectivity index (χ3n) is 3.64. The van der Waals surface area contributed by atoms with Gasteiger partial charge in [-0.25, -0.2) is 4.98 Å². The van der Waals surface area contributed by atoms with Gasteiger partial charge in [-0.1, -0.05) is 28.1 Å². The van der Waals surface area contributed by atoms with Gasteiger partial charge in [0.1, 0.15) is 5.01 Å². The molecular weight excluding hydrogens is 346 g/mol. The predicted octanol–water partition coefficient (Wildman–Crippen LogP) is 4.38. The molecule has 0 aliphatic rings. The minimum Gasteiger partial charge on any atom is -0.307 e. The summed E-state index contributed by atoms with van der Waals surface area (Å²) in [4.78, 5) is 10.5. The molecule has 1 unspecified atom stereocenters. The molecule has 0 aliphatic carbocycles. The number of aromatic nitrogens is 2. The van der Waals surface area contributed by atoms with E-state index in [4.69, 9.17) is 4.98 Å². The maximum absolute atomic E-state index is 4.70. The van der Waals surface area contributed by atoms with Crippen molar-refractivity contribution in [1.29, 1.82) is 0 Å². The highest BCUT2D eigenvalue weighted by molar-refractivity contribution is 9.10. The standard InChI is InChI=1S/C16H16BrN3S/c1-9-10(2)21-16(20-9)15(18-3)12-6-7-13(17)11-5-4-8-19-14(11)12/h4-8,15,18H,1-3H3. The maximum Gasteiger partial charge on any atom is 0.115 e. The number of nitrogens with zero attached hydrogens (tertiary/aromatic N) is 2. The average Bonchev–Trinajstić information content (AvgIpc) is 2.82. The number of benzene rings is 1. The Kier molecular flexibility index (Phi) is 4.06. The fourth-order valence-electron chi connectivity index (χ4n) is 2.43. The lowest BCUT2D eigenvalue weighted by Crippen LogP contribution is -2.18. The first kappa shape index (κ1) is 14.6. The molecule has 1 N–H and O–H groups in total. The molecule has 0 fully saturated rings. The van der Waals surface area contributed by atoms with Crippen LogP contribution >= 0.6 is 27.3 Å². The van der Waals surface area contributed by atoms with Crippen LogP contribution in [0.25, 0.3) is 10.9 Å². The monoisotopic (exact) mass is 361 g/mol. The highest BCUT2D eigenvalue weighted by Gasteiger charge is 2.20. The molecule has 2 aromatic heterocycles. The van der Waals surface area contributed by atoms with Crippen molar-refractivity contribution in [2.75, 3.05) is 7.05 Å². The number of nitrogens with one attached hydrogen (secondary N) is 1. The van der Waals surface area contributed by atoms with Crippen LogP contribution in [0.2, 0.25) is 0 Å². The first-order chi connectivity index (χ1) is 10.1. The van der Waals surface area contributed by atoms with Crippen LogP contribution in [0.5, 0.6) is 0 Å². The van der Waals surface area contributed by atoms with Gasteiger partial charge in [-0.15, -0.1) is 11.3 Å². The van der Waals surface area contributed by atoms with Crippen LogP contribution in [-0.2, 0) is 0 Å². The van der Waals surface area contributed by atoms with Gasteiger partial charge in [0.2, 0.25) is 0 Å². The summed E-state index contributed by atoms with van der Waals surface area (Å²) in [6, 6.07) is 8.31. The zero-order chi connectivity index (χ0) is 15.0. The molecule has 0 bridgehead atoms. The van der Waals surface area contributed by atoms with Crippen molar-refractivity contribution in [3.05, 3.63) is 56.1 Å². The molecule has 0 aliphatic heterocycles. The van der Waals surface area contributed by atoms with E-state index in [2.05, 4.69) is 58.3 Å². The molecule has 0 amide bonds. The second kappa shape index (κ2) is 5.83. The van der Waals surface area contributed by atoms with E-state index in [9.17, 15) is 0 Å². The Hall–Kier alpha value is -1.30. The van der Waals surface area contributed by atoms with Crippen molar-refractivity contribution >= 4 is 38.2 Å². The zero-order valence-electron chi connectivity index (χ0n) is 12.1. The summed E-state index contributed by atoms with van der Waals surface area (Å²) in [5.41, 5.74) is 3.27. The Bertz CT molecular complexity index is 778. The quantitative estimate of drug-likeness (QED) is 0.751.